The largest absolute Gasteiger partial charge is 0.386 e. The summed E-state index contributed by atoms with van der Waals surface area (Å²) in [6.07, 6.45) is 3.83. The second-order valence-corrected chi connectivity index (χ2v) is 6.13. The number of likely N-dealkylation sites (tertiary alicyclic amines) is 1. The summed E-state index contributed by atoms with van der Waals surface area (Å²) in [6.45, 7) is 5.80. The van der Waals surface area contributed by atoms with Crippen LogP contribution < -0.4 is 0 Å². The number of aliphatic hydroxyl groups excluding tert-OH is 1. The van der Waals surface area contributed by atoms with Crippen LogP contribution in [-0.2, 0) is 0 Å². The summed E-state index contributed by atoms with van der Waals surface area (Å²) in [5.74, 6) is -1.79. The maximum atomic E-state index is 13.3. The van der Waals surface area contributed by atoms with E-state index in [0.29, 0.717) is 5.56 Å². The van der Waals surface area contributed by atoms with Crippen molar-refractivity contribution < 1.29 is 13.9 Å². The number of halogens is 2. The fourth-order valence-electron chi connectivity index (χ4n) is 2.91. The molecule has 4 heteroatoms. The number of nitrogens with zero attached hydrogens (tertiary/aromatic N) is 1. The molecule has 0 aromatic heterocycles. The van der Waals surface area contributed by atoms with E-state index in [1.165, 1.54) is 18.9 Å². The first kappa shape index (κ1) is 15.4. The Bertz CT molecular complexity index is 454. The monoisotopic (exact) mass is 283 g/mol. The van der Waals surface area contributed by atoms with Gasteiger partial charge in [-0.25, -0.2) is 8.78 Å². The lowest BCUT2D eigenvalue weighted by Crippen LogP contribution is -2.48. The Morgan fingerprint density at radius 1 is 1.05 bits per heavy atom. The highest BCUT2D eigenvalue weighted by molar-refractivity contribution is 5.23. The summed E-state index contributed by atoms with van der Waals surface area (Å²) in [7, 11) is 0. The van der Waals surface area contributed by atoms with Gasteiger partial charge in [0.05, 0.1) is 6.10 Å². The van der Waals surface area contributed by atoms with Crippen LogP contribution in [0.5, 0.6) is 0 Å². The van der Waals surface area contributed by atoms with Crippen molar-refractivity contribution in [2.45, 2.75) is 51.2 Å². The smallest absolute Gasteiger partial charge is 0.159 e. The van der Waals surface area contributed by atoms with E-state index >= 15 is 0 Å². The van der Waals surface area contributed by atoms with Crippen molar-refractivity contribution in [1.29, 1.82) is 0 Å². The van der Waals surface area contributed by atoms with Crippen molar-refractivity contribution in [3.8, 4) is 0 Å². The third-order valence-corrected chi connectivity index (χ3v) is 4.35. The van der Waals surface area contributed by atoms with Gasteiger partial charge in [-0.05, 0) is 57.5 Å². The minimum absolute atomic E-state index is 0.429. The van der Waals surface area contributed by atoms with Crippen LogP contribution in [-0.4, -0.2) is 28.6 Å². The first-order valence-corrected chi connectivity index (χ1v) is 7.31. The number of hydrogen-bond acceptors (Lipinski definition) is 2. The molecule has 1 aliphatic rings. The van der Waals surface area contributed by atoms with Crippen molar-refractivity contribution in [3.05, 3.63) is 35.4 Å². The topological polar surface area (TPSA) is 23.5 Å². The molecule has 2 rings (SSSR count). The summed E-state index contributed by atoms with van der Waals surface area (Å²) < 4.78 is 26.3. The van der Waals surface area contributed by atoms with Gasteiger partial charge in [0.1, 0.15) is 0 Å². The third-order valence-electron chi connectivity index (χ3n) is 4.35. The zero-order valence-electron chi connectivity index (χ0n) is 12.2. The lowest BCUT2D eigenvalue weighted by molar-refractivity contribution is -0.0102. The number of aliphatic hydroxyl groups is 1. The van der Waals surface area contributed by atoms with Crippen molar-refractivity contribution in [3.63, 3.8) is 0 Å². The minimum atomic E-state index is -0.909. The van der Waals surface area contributed by atoms with Gasteiger partial charge in [0.25, 0.3) is 0 Å². The van der Waals surface area contributed by atoms with Gasteiger partial charge in [0, 0.05) is 5.54 Å². The molecular formula is C16H23F2NO. The van der Waals surface area contributed by atoms with Crippen molar-refractivity contribution in [2.75, 3.05) is 13.1 Å². The van der Waals surface area contributed by atoms with Crippen LogP contribution in [0.2, 0.25) is 0 Å². The third kappa shape index (κ3) is 3.18. The SMILES string of the molecule is CC(C)(C(O)c1ccc(F)c(F)c1)N1CCCCCC1. The fourth-order valence-corrected chi connectivity index (χ4v) is 2.91. The maximum Gasteiger partial charge on any atom is 0.159 e. The molecule has 0 aliphatic carbocycles. The molecule has 1 heterocycles. The Hall–Kier alpha value is -1.00. The highest BCUT2D eigenvalue weighted by atomic mass is 19.2. The lowest BCUT2D eigenvalue weighted by Gasteiger charge is -2.41. The van der Waals surface area contributed by atoms with E-state index in [4.69, 9.17) is 0 Å². The average Bonchev–Trinajstić information content (AvgIpc) is 2.70. The van der Waals surface area contributed by atoms with Crippen LogP contribution in [0, 0.1) is 11.6 Å². The molecule has 1 atom stereocenters. The molecule has 1 N–H and O–H groups in total. The highest BCUT2D eigenvalue weighted by Crippen LogP contribution is 2.33. The number of rotatable bonds is 3. The van der Waals surface area contributed by atoms with Crippen LogP contribution in [0.3, 0.4) is 0 Å². The Labute approximate surface area is 119 Å². The van der Waals surface area contributed by atoms with Gasteiger partial charge in [-0.3, -0.25) is 4.90 Å². The first-order chi connectivity index (χ1) is 9.43. The predicted octanol–water partition coefficient (Wildman–Crippen LogP) is 3.65. The molecule has 20 heavy (non-hydrogen) atoms. The summed E-state index contributed by atoms with van der Waals surface area (Å²) >= 11 is 0. The van der Waals surface area contributed by atoms with Crippen LogP contribution in [0.15, 0.2) is 18.2 Å². The summed E-state index contributed by atoms with van der Waals surface area (Å²) in [5, 5.41) is 10.6. The van der Waals surface area contributed by atoms with Gasteiger partial charge in [0.2, 0.25) is 0 Å². The summed E-state index contributed by atoms with van der Waals surface area (Å²) in [4.78, 5) is 2.26. The normalized spacial score (nSPS) is 19.6. The second-order valence-electron chi connectivity index (χ2n) is 6.13. The standard InChI is InChI=1S/C16H23F2NO/c1-16(2,19-9-5-3-4-6-10-19)15(20)12-7-8-13(17)14(18)11-12/h7-8,11,15,20H,3-6,9-10H2,1-2H3. The van der Waals surface area contributed by atoms with Gasteiger partial charge < -0.3 is 5.11 Å². The quantitative estimate of drug-likeness (QED) is 0.915. The van der Waals surface area contributed by atoms with E-state index < -0.39 is 23.3 Å². The van der Waals surface area contributed by atoms with Crippen LogP contribution in [0.1, 0.15) is 51.2 Å². The molecule has 0 spiro atoms. The molecule has 1 aliphatic heterocycles. The second kappa shape index (κ2) is 6.19. The molecule has 2 nitrogen and oxygen atoms in total. The van der Waals surface area contributed by atoms with Crippen molar-refractivity contribution in [1.82, 2.24) is 4.90 Å². The maximum absolute atomic E-state index is 13.3. The molecule has 0 saturated carbocycles. The Morgan fingerprint density at radius 3 is 2.20 bits per heavy atom. The van der Waals surface area contributed by atoms with Gasteiger partial charge in [-0.2, -0.15) is 0 Å². The minimum Gasteiger partial charge on any atom is -0.386 e. The van der Waals surface area contributed by atoms with Gasteiger partial charge >= 0.3 is 0 Å². The molecule has 0 radical (unpaired) electrons. The van der Waals surface area contributed by atoms with Gasteiger partial charge in [0.15, 0.2) is 11.6 Å². The Morgan fingerprint density at radius 2 is 1.65 bits per heavy atom. The molecule has 1 saturated heterocycles. The highest BCUT2D eigenvalue weighted by Gasteiger charge is 2.35. The molecule has 1 unspecified atom stereocenters. The molecule has 1 aromatic rings. The molecule has 0 bridgehead atoms. The number of benzene rings is 1. The zero-order chi connectivity index (χ0) is 14.8. The summed E-state index contributed by atoms with van der Waals surface area (Å²) in [5.41, 5.74) is -0.0626. The van der Waals surface area contributed by atoms with E-state index in [-0.39, 0.29) is 0 Å². The van der Waals surface area contributed by atoms with E-state index in [9.17, 15) is 13.9 Å². The average molecular weight is 283 g/mol. The Balaban J connectivity index is 2.20. The molecular weight excluding hydrogens is 260 g/mol. The molecule has 1 aromatic carbocycles. The summed E-state index contributed by atoms with van der Waals surface area (Å²) in [6, 6.07) is 3.63. The Kier molecular flexibility index (Phi) is 4.76. The predicted molar refractivity (Wildman–Crippen MR) is 75.4 cm³/mol. The van der Waals surface area contributed by atoms with Crippen LogP contribution in [0.4, 0.5) is 8.78 Å². The van der Waals surface area contributed by atoms with Gasteiger partial charge in [-0.15, -0.1) is 0 Å². The van der Waals surface area contributed by atoms with Crippen LogP contribution >= 0.6 is 0 Å². The molecule has 112 valence electrons. The van der Waals surface area contributed by atoms with Crippen LogP contribution in [0.25, 0.3) is 0 Å². The van der Waals surface area contributed by atoms with Crippen molar-refractivity contribution in [2.24, 2.45) is 0 Å². The molecule has 0 amide bonds. The zero-order valence-corrected chi connectivity index (χ0v) is 12.2. The van der Waals surface area contributed by atoms with Crippen molar-refractivity contribution >= 4 is 0 Å². The molecule has 1 fully saturated rings. The van der Waals surface area contributed by atoms with Gasteiger partial charge in [-0.1, -0.05) is 18.9 Å². The van der Waals surface area contributed by atoms with E-state index in [0.717, 1.165) is 38.1 Å². The number of hydrogen-bond donors (Lipinski definition) is 1. The van der Waals surface area contributed by atoms with E-state index in [2.05, 4.69) is 4.90 Å². The first-order valence-electron chi connectivity index (χ1n) is 7.31. The lowest BCUT2D eigenvalue weighted by atomic mass is 9.89. The fraction of sp³-hybridized carbons (Fsp3) is 0.625. The van der Waals surface area contributed by atoms with E-state index in [1.54, 1.807) is 0 Å². The van der Waals surface area contributed by atoms with E-state index in [1.807, 2.05) is 13.8 Å².